The number of nitrogens with one attached hydrogen (secondary N) is 1. The summed E-state index contributed by atoms with van der Waals surface area (Å²) in [5.74, 6) is 0.962. The normalized spacial score (nSPS) is 16.0. The van der Waals surface area contributed by atoms with Crippen molar-refractivity contribution in [2.24, 2.45) is 0 Å². The van der Waals surface area contributed by atoms with Crippen molar-refractivity contribution in [2.75, 3.05) is 7.11 Å². The second kappa shape index (κ2) is 8.54. The molecule has 0 radical (unpaired) electrons. The molecule has 0 aliphatic heterocycles. The predicted octanol–water partition coefficient (Wildman–Crippen LogP) is 5.24. The first-order valence-electron chi connectivity index (χ1n) is 8.16. The number of ether oxygens (including phenoxy) is 1. The molecule has 1 aliphatic carbocycles. The van der Waals surface area contributed by atoms with Gasteiger partial charge in [0.25, 0.3) is 0 Å². The van der Waals surface area contributed by atoms with Gasteiger partial charge in [0.1, 0.15) is 5.75 Å². The van der Waals surface area contributed by atoms with Gasteiger partial charge in [-0.1, -0.05) is 56.0 Å². The van der Waals surface area contributed by atoms with Gasteiger partial charge in [0.15, 0.2) is 0 Å². The molecule has 0 heterocycles. The Kier molecular flexibility index (Phi) is 6.71. The van der Waals surface area contributed by atoms with Crippen molar-refractivity contribution >= 4 is 27.8 Å². The lowest BCUT2D eigenvalue weighted by Crippen LogP contribution is -2.27. The first kappa shape index (κ1) is 17.3. The number of methoxy groups -OCH3 is 1. The van der Waals surface area contributed by atoms with Crippen LogP contribution in [0.2, 0.25) is 0 Å². The van der Waals surface area contributed by atoms with Crippen LogP contribution < -0.4 is 10.1 Å². The van der Waals surface area contributed by atoms with Gasteiger partial charge in [-0.15, -0.1) is 17.0 Å². The molecule has 0 saturated heterocycles. The Bertz CT molecular complexity index is 591. The largest absolute Gasteiger partial charge is 0.496 e. The van der Waals surface area contributed by atoms with Gasteiger partial charge in [-0.2, -0.15) is 0 Å². The van der Waals surface area contributed by atoms with Crippen molar-refractivity contribution < 1.29 is 4.74 Å². The molecule has 3 rings (SSSR count). The number of fused-ring (bicyclic) bond motifs is 1. The van der Waals surface area contributed by atoms with Crippen LogP contribution in [0.1, 0.15) is 44.1 Å². The summed E-state index contributed by atoms with van der Waals surface area (Å²) in [4.78, 5) is 0. The van der Waals surface area contributed by atoms with E-state index < -0.39 is 0 Å². The third-order valence-corrected chi connectivity index (χ3v) is 4.63. The highest BCUT2D eigenvalue weighted by Gasteiger charge is 2.12. The fourth-order valence-corrected chi connectivity index (χ4v) is 3.40. The van der Waals surface area contributed by atoms with E-state index in [1.165, 1.54) is 54.9 Å². The monoisotopic (exact) mass is 363 g/mol. The molecule has 0 atom stereocenters. The van der Waals surface area contributed by atoms with Crippen LogP contribution in [0.3, 0.4) is 0 Å². The first-order chi connectivity index (χ1) is 10.4. The summed E-state index contributed by atoms with van der Waals surface area (Å²) in [6.07, 6.45) is 8.22. The third kappa shape index (κ3) is 4.02. The van der Waals surface area contributed by atoms with Crippen molar-refractivity contribution in [3.8, 4) is 5.75 Å². The minimum atomic E-state index is 0. The molecule has 2 nitrogen and oxygen atoms in total. The minimum Gasteiger partial charge on any atom is -0.496 e. The fraction of sp³-hybridized carbons (Fsp3) is 0.474. The number of rotatable bonds is 4. The van der Waals surface area contributed by atoms with Gasteiger partial charge in [-0.3, -0.25) is 0 Å². The van der Waals surface area contributed by atoms with Crippen LogP contribution in [0, 0.1) is 0 Å². The lowest BCUT2D eigenvalue weighted by atomic mass is 10.0. The Morgan fingerprint density at radius 1 is 0.955 bits per heavy atom. The van der Waals surface area contributed by atoms with E-state index in [1.807, 2.05) is 0 Å². The Hall–Kier alpha value is -1.06. The summed E-state index contributed by atoms with van der Waals surface area (Å²) in [5.41, 5.74) is 1.37. The van der Waals surface area contributed by atoms with Gasteiger partial charge in [0.05, 0.1) is 7.11 Å². The molecule has 3 heteroatoms. The summed E-state index contributed by atoms with van der Waals surface area (Å²) in [6.45, 7) is 0.954. The molecule has 1 aliphatic rings. The third-order valence-electron chi connectivity index (χ3n) is 4.63. The molecule has 1 N–H and O–H groups in total. The minimum absolute atomic E-state index is 0. The van der Waals surface area contributed by atoms with Crippen LogP contribution in [-0.4, -0.2) is 13.2 Å². The summed E-state index contributed by atoms with van der Waals surface area (Å²) in [7, 11) is 1.74. The highest BCUT2D eigenvalue weighted by atomic mass is 79.9. The van der Waals surface area contributed by atoms with E-state index >= 15 is 0 Å². The van der Waals surface area contributed by atoms with Crippen LogP contribution in [0.25, 0.3) is 10.8 Å². The smallest absolute Gasteiger partial charge is 0.126 e. The lowest BCUT2D eigenvalue weighted by molar-refractivity contribution is 0.419. The van der Waals surface area contributed by atoms with E-state index in [1.54, 1.807) is 7.11 Å². The molecule has 1 fully saturated rings. The van der Waals surface area contributed by atoms with Gasteiger partial charge in [-0.25, -0.2) is 0 Å². The summed E-state index contributed by atoms with van der Waals surface area (Å²) < 4.78 is 5.47. The molecule has 0 spiro atoms. The first-order valence-corrected chi connectivity index (χ1v) is 8.16. The molecule has 0 aromatic heterocycles. The number of benzene rings is 2. The van der Waals surface area contributed by atoms with Gasteiger partial charge < -0.3 is 10.1 Å². The van der Waals surface area contributed by atoms with E-state index in [4.69, 9.17) is 4.74 Å². The highest BCUT2D eigenvalue weighted by Crippen LogP contribution is 2.28. The second-order valence-corrected chi connectivity index (χ2v) is 6.04. The number of hydrogen-bond donors (Lipinski definition) is 1. The second-order valence-electron chi connectivity index (χ2n) is 6.04. The van der Waals surface area contributed by atoms with Crippen molar-refractivity contribution in [1.29, 1.82) is 0 Å². The SMILES string of the molecule is Br.COc1ccc(CNC2CCCCCC2)c2ccccc12. The van der Waals surface area contributed by atoms with E-state index in [2.05, 4.69) is 41.7 Å². The molecule has 120 valence electrons. The average Bonchev–Trinajstić information content (AvgIpc) is 2.81. The van der Waals surface area contributed by atoms with Crippen molar-refractivity contribution in [2.45, 2.75) is 51.1 Å². The maximum atomic E-state index is 5.47. The number of halogens is 1. The topological polar surface area (TPSA) is 21.3 Å². The molecule has 2 aromatic rings. The highest BCUT2D eigenvalue weighted by molar-refractivity contribution is 8.93. The van der Waals surface area contributed by atoms with Crippen LogP contribution in [0.5, 0.6) is 5.75 Å². The molecule has 2 aromatic carbocycles. The van der Waals surface area contributed by atoms with Gasteiger partial charge >= 0.3 is 0 Å². The molecule has 0 amide bonds. The Morgan fingerprint density at radius 2 is 1.64 bits per heavy atom. The van der Waals surface area contributed by atoms with Gasteiger partial charge in [0, 0.05) is 18.0 Å². The zero-order valence-electron chi connectivity index (χ0n) is 13.3. The van der Waals surface area contributed by atoms with Crippen molar-refractivity contribution in [3.05, 3.63) is 42.0 Å². The van der Waals surface area contributed by atoms with Gasteiger partial charge in [0.2, 0.25) is 0 Å². The van der Waals surface area contributed by atoms with Crippen LogP contribution >= 0.6 is 17.0 Å². The zero-order chi connectivity index (χ0) is 14.5. The van der Waals surface area contributed by atoms with Crippen LogP contribution in [-0.2, 0) is 6.54 Å². The standard InChI is InChI=1S/C19H25NO.BrH/c1-21-19-13-12-15(17-10-6-7-11-18(17)19)14-20-16-8-4-2-3-5-9-16;/h6-7,10-13,16,20H,2-5,8-9,14H2,1H3;1H. The summed E-state index contributed by atoms with van der Waals surface area (Å²) in [6, 6.07) is 13.5. The van der Waals surface area contributed by atoms with E-state index in [9.17, 15) is 0 Å². The van der Waals surface area contributed by atoms with Gasteiger partial charge in [-0.05, 0) is 29.9 Å². The Morgan fingerprint density at radius 3 is 2.32 bits per heavy atom. The van der Waals surface area contributed by atoms with Crippen LogP contribution in [0.15, 0.2) is 36.4 Å². The number of hydrogen-bond acceptors (Lipinski definition) is 2. The molecule has 22 heavy (non-hydrogen) atoms. The van der Waals surface area contributed by atoms with Crippen molar-refractivity contribution in [1.82, 2.24) is 5.32 Å². The molecule has 1 saturated carbocycles. The fourth-order valence-electron chi connectivity index (χ4n) is 3.40. The van der Waals surface area contributed by atoms with E-state index in [0.29, 0.717) is 6.04 Å². The summed E-state index contributed by atoms with van der Waals surface area (Å²) in [5, 5.41) is 6.28. The zero-order valence-corrected chi connectivity index (χ0v) is 15.0. The molecule has 0 unspecified atom stereocenters. The quantitative estimate of drug-likeness (QED) is 0.750. The maximum absolute atomic E-state index is 5.47. The maximum Gasteiger partial charge on any atom is 0.126 e. The Balaban J connectivity index is 0.00000176. The summed E-state index contributed by atoms with van der Waals surface area (Å²) >= 11 is 0. The lowest BCUT2D eigenvalue weighted by Gasteiger charge is -2.17. The average molecular weight is 364 g/mol. The molecular formula is C19H26BrNO. The van der Waals surface area contributed by atoms with Crippen LogP contribution in [0.4, 0.5) is 0 Å². The molecular weight excluding hydrogens is 338 g/mol. The Labute approximate surface area is 144 Å². The van der Waals surface area contributed by atoms with E-state index in [0.717, 1.165) is 12.3 Å². The predicted molar refractivity (Wildman–Crippen MR) is 99.2 cm³/mol. The van der Waals surface area contributed by atoms with Crippen molar-refractivity contribution in [3.63, 3.8) is 0 Å². The molecule has 0 bridgehead atoms. The van der Waals surface area contributed by atoms with E-state index in [-0.39, 0.29) is 17.0 Å².